The molecule has 0 amide bonds. The van der Waals surface area contributed by atoms with Crippen LogP contribution in [0.25, 0.3) is 0 Å². The number of hydrogen-bond acceptors (Lipinski definition) is 0. The fourth-order valence-corrected chi connectivity index (χ4v) is 4.01. The van der Waals surface area contributed by atoms with Gasteiger partial charge in [-0.2, -0.15) is 0 Å². The van der Waals surface area contributed by atoms with Gasteiger partial charge in [-0.05, 0) is 61.1 Å². The zero-order valence-electron chi connectivity index (χ0n) is 11.1. The first-order valence-electron chi connectivity index (χ1n) is 7.60. The van der Waals surface area contributed by atoms with Gasteiger partial charge in [-0.1, -0.05) is 37.5 Å². The summed E-state index contributed by atoms with van der Waals surface area (Å²) >= 11 is 6.73. The molecule has 0 aromatic heterocycles. The van der Waals surface area contributed by atoms with E-state index in [2.05, 4.69) is 18.2 Å². The maximum Gasteiger partial charge on any atom is 0.0613 e. The first-order valence-corrected chi connectivity index (χ1v) is 8.04. The predicted octanol–water partition coefficient (Wildman–Crippen LogP) is 5.43. The maximum absolute atomic E-state index is 6.73. The molecular formula is C17H23Cl. The van der Waals surface area contributed by atoms with Crippen LogP contribution in [-0.2, 0) is 12.8 Å². The molecule has 1 aromatic carbocycles. The van der Waals surface area contributed by atoms with E-state index >= 15 is 0 Å². The summed E-state index contributed by atoms with van der Waals surface area (Å²) in [6.07, 6.45) is 12.0. The highest BCUT2D eigenvalue weighted by molar-refractivity contribution is 6.21. The monoisotopic (exact) mass is 262 g/mol. The summed E-state index contributed by atoms with van der Waals surface area (Å²) in [5, 5.41) is 0.248. The first kappa shape index (κ1) is 12.5. The topological polar surface area (TPSA) is 0 Å². The smallest absolute Gasteiger partial charge is 0.0613 e. The molecule has 18 heavy (non-hydrogen) atoms. The van der Waals surface area contributed by atoms with Gasteiger partial charge in [-0.3, -0.25) is 0 Å². The normalized spacial score (nSPS) is 22.5. The predicted molar refractivity (Wildman–Crippen MR) is 78.3 cm³/mol. The number of rotatable bonds is 2. The molecule has 0 bridgehead atoms. The lowest BCUT2D eigenvalue weighted by Gasteiger charge is -2.27. The van der Waals surface area contributed by atoms with Gasteiger partial charge in [0.25, 0.3) is 0 Å². The summed E-state index contributed by atoms with van der Waals surface area (Å²) in [4.78, 5) is 0. The SMILES string of the molecule is ClC(c1ccc2c(c1)CCCC2)C1CCCCC1. The molecule has 0 N–H and O–H groups in total. The van der Waals surface area contributed by atoms with Crippen LogP contribution in [-0.4, -0.2) is 0 Å². The average Bonchev–Trinajstić information content (AvgIpc) is 2.47. The van der Waals surface area contributed by atoms with Crippen molar-refractivity contribution < 1.29 is 0 Å². The Morgan fingerprint density at radius 3 is 2.39 bits per heavy atom. The molecule has 2 aliphatic carbocycles. The van der Waals surface area contributed by atoms with Crippen molar-refractivity contribution in [1.29, 1.82) is 0 Å². The van der Waals surface area contributed by atoms with Gasteiger partial charge in [0, 0.05) is 0 Å². The minimum absolute atomic E-state index is 0.248. The molecule has 1 saturated carbocycles. The van der Waals surface area contributed by atoms with Crippen LogP contribution in [0.15, 0.2) is 18.2 Å². The second-order valence-corrected chi connectivity index (χ2v) is 6.51. The van der Waals surface area contributed by atoms with E-state index in [1.165, 1.54) is 63.4 Å². The molecule has 0 spiro atoms. The van der Waals surface area contributed by atoms with Crippen molar-refractivity contribution in [3.05, 3.63) is 34.9 Å². The Morgan fingerprint density at radius 1 is 0.889 bits per heavy atom. The molecule has 1 unspecified atom stereocenters. The van der Waals surface area contributed by atoms with Crippen LogP contribution in [0, 0.1) is 5.92 Å². The molecule has 2 aliphatic rings. The summed E-state index contributed by atoms with van der Waals surface area (Å²) < 4.78 is 0. The fourth-order valence-electron chi connectivity index (χ4n) is 3.62. The van der Waals surface area contributed by atoms with E-state index in [1.54, 1.807) is 11.1 Å². The van der Waals surface area contributed by atoms with Gasteiger partial charge in [0.05, 0.1) is 5.38 Å². The number of aryl methyl sites for hydroxylation is 2. The Bertz CT molecular complexity index is 404. The third-order valence-electron chi connectivity index (χ3n) is 4.75. The Kier molecular flexibility index (Phi) is 3.94. The first-order chi connectivity index (χ1) is 8.84. The summed E-state index contributed by atoms with van der Waals surface area (Å²) in [7, 11) is 0. The fraction of sp³-hybridized carbons (Fsp3) is 0.647. The van der Waals surface area contributed by atoms with Crippen molar-refractivity contribution >= 4 is 11.6 Å². The zero-order chi connectivity index (χ0) is 12.4. The third kappa shape index (κ3) is 2.59. The summed E-state index contributed by atoms with van der Waals surface area (Å²) in [5.41, 5.74) is 4.52. The van der Waals surface area contributed by atoms with Gasteiger partial charge in [-0.15, -0.1) is 11.6 Å². The molecular weight excluding hydrogens is 240 g/mol. The van der Waals surface area contributed by atoms with Gasteiger partial charge < -0.3 is 0 Å². The number of benzene rings is 1. The maximum atomic E-state index is 6.73. The number of alkyl halides is 1. The van der Waals surface area contributed by atoms with Crippen LogP contribution in [0.4, 0.5) is 0 Å². The van der Waals surface area contributed by atoms with Gasteiger partial charge in [0.2, 0.25) is 0 Å². The van der Waals surface area contributed by atoms with Gasteiger partial charge >= 0.3 is 0 Å². The Morgan fingerprint density at radius 2 is 1.61 bits per heavy atom. The molecule has 0 aliphatic heterocycles. The molecule has 1 atom stereocenters. The van der Waals surface area contributed by atoms with E-state index in [1.807, 2.05) is 0 Å². The van der Waals surface area contributed by atoms with Crippen LogP contribution >= 0.6 is 11.6 Å². The van der Waals surface area contributed by atoms with E-state index in [4.69, 9.17) is 11.6 Å². The van der Waals surface area contributed by atoms with Gasteiger partial charge in [0.15, 0.2) is 0 Å². The second-order valence-electron chi connectivity index (χ2n) is 6.04. The lowest BCUT2D eigenvalue weighted by Crippen LogP contribution is -2.13. The van der Waals surface area contributed by atoms with E-state index < -0.39 is 0 Å². The van der Waals surface area contributed by atoms with Crippen molar-refractivity contribution in [2.75, 3.05) is 0 Å². The van der Waals surface area contributed by atoms with Gasteiger partial charge in [0.1, 0.15) is 0 Å². The van der Waals surface area contributed by atoms with E-state index in [9.17, 15) is 0 Å². The lowest BCUT2D eigenvalue weighted by atomic mass is 9.83. The molecule has 0 radical (unpaired) electrons. The van der Waals surface area contributed by atoms with E-state index in [0.717, 1.165) is 0 Å². The number of fused-ring (bicyclic) bond motifs is 1. The summed E-state index contributed by atoms with van der Waals surface area (Å²) in [6.45, 7) is 0. The number of hydrogen-bond donors (Lipinski definition) is 0. The largest absolute Gasteiger partial charge is 0.118 e. The summed E-state index contributed by atoms with van der Waals surface area (Å²) in [6, 6.07) is 7.03. The highest BCUT2D eigenvalue weighted by atomic mass is 35.5. The van der Waals surface area contributed by atoms with Crippen molar-refractivity contribution in [2.45, 2.75) is 63.2 Å². The number of halogens is 1. The highest BCUT2D eigenvalue weighted by Gasteiger charge is 2.24. The summed E-state index contributed by atoms with van der Waals surface area (Å²) in [5.74, 6) is 0.710. The van der Waals surface area contributed by atoms with Crippen LogP contribution in [0.1, 0.15) is 67.0 Å². The highest BCUT2D eigenvalue weighted by Crippen LogP contribution is 2.39. The molecule has 3 rings (SSSR count). The van der Waals surface area contributed by atoms with Crippen LogP contribution < -0.4 is 0 Å². The second kappa shape index (κ2) is 5.65. The van der Waals surface area contributed by atoms with Crippen molar-refractivity contribution in [3.8, 4) is 0 Å². The standard InChI is InChI=1S/C17H23Cl/c18-17(14-7-2-1-3-8-14)16-11-10-13-6-4-5-9-15(13)12-16/h10-12,14,17H,1-9H2. The van der Waals surface area contributed by atoms with Crippen molar-refractivity contribution in [2.24, 2.45) is 5.92 Å². The average molecular weight is 263 g/mol. The molecule has 0 saturated heterocycles. The Balaban J connectivity index is 1.78. The molecule has 0 heterocycles. The minimum Gasteiger partial charge on any atom is -0.118 e. The molecule has 0 nitrogen and oxygen atoms in total. The Labute approximate surface area is 116 Å². The Hall–Kier alpha value is -0.490. The van der Waals surface area contributed by atoms with E-state index in [0.29, 0.717) is 5.92 Å². The lowest BCUT2D eigenvalue weighted by molar-refractivity contribution is 0.348. The molecule has 1 fully saturated rings. The molecule has 98 valence electrons. The van der Waals surface area contributed by atoms with Crippen LogP contribution in [0.5, 0.6) is 0 Å². The minimum atomic E-state index is 0.248. The molecule has 1 heteroatoms. The van der Waals surface area contributed by atoms with Crippen LogP contribution in [0.2, 0.25) is 0 Å². The van der Waals surface area contributed by atoms with Crippen molar-refractivity contribution in [1.82, 2.24) is 0 Å². The van der Waals surface area contributed by atoms with Crippen LogP contribution in [0.3, 0.4) is 0 Å². The van der Waals surface area contributed by atoms with Gasteiger partial charge in [-0.25, -0.2) is 0 Å². The van der Waals surface area contributed by atoms with E-state index in [-0.39, 0.29) is 5.38 Å². The molecule has 1 aromatic rings. The van der Waals surface area contributed by atoms with Crippen molar-refractivity contribution in [3.63, 3.8) is 0 Å². The zero-order valence-corrected chi connectivity index (χ0v) is 11.9. The quantitative estimate of drug-likeness (QED) is 0.624. The third-order valence-corrected chi connectivity index (χ3v) is 5.36.